The monoisotopic (exact) mass is 498 g/mol. The summed E-state index contributed by atoms with van der Waals surface area (Å²) in [6, 6.07) is 23.5. The van der Waals surface area contributed by atoms with Crippen LogP contribution in [0.1, 0.15) is 16.7 Å². The summed E-state index contributed by atoms with van der Waals surface area (Å²) in [6.45, 7) is 1.03. The van der Waals surface area contributed by atoms with Gasteiger partial charge in [-0.25, -0.2) is 0 Å². The fourth-order valence-corrected chi connectivity index (χ4v) is 3.86. The van der Waals surface area contributed by atoms with Crippen LogP contribution in [0.4, 0.5) is 0 Å². The van der Waals surface area contributed by atoms with E-state index in [0.29, 0.717) is 29.6 Å². The molecule has 0 bridgehead atoms. The standard InChI is InChI=1S/C27H28Cl2N2O3/c1-34-16-15-30-27(33)25(17-20-5-3-2-4-6-20)31(19-22-9-13-24(29)14-10-22)26(32)18-21-7-11-23(28)12-8-21/h2-14,25H,15-19H2,1H3,(H,30,33)/t25-/m1/s1. The fourth-order valence-electron chi connectivity index (χ4n) is 3.61. The van der Waals surface area contributed by atoms with Crippen molar-refractivity contribution in [3.63, 3.8) is 0 Å². The highest BCUT2D eigenvalue weighted by Gasteiger charge is 2.30. The average molecular weight is 499 g/mol. The van der Waals surface area contributed by atoms with Crippen LogP contribution in [0.25, 0.3) is 0 Å². The summed E-state index contributed by atoms with van der Waals surface area (Å²) in [5.41, 5.74) is 2.68. The largest absolute Gasteiger partial charge is 0.383 e. The third-order valence-corrected chi connectivity index (χ3v) is 5.92. The normalized spacial score (nSPS) is 11.6. The maximum absolute atomic E-state index is 13.6. The summed E-state index contributed by atoms with van der Waals surface area (Å²) in [6.07, 6.45) is 0.543. The van der Waals surface area contributed by atoms with Gasteiger partial charge in [0, 0.05) is 36.7 Å². The van der Waals surface area contributed by atoms with Crippen LogP contribution in [0.2, 0.25) is 10.0 Å². The molecule has 1 N–H and O–H groups in total. The first-order valence-electron chi connectivity index (χ1n) is 11.0. The number of nitrogens with zero attached hydrogens (tertiary/aromatic N) is 1. The topological polar surface area (TPSA) is 58.6 Å². The van der Waals surface area contributed by atoms with Crippen LogP contribution in [0.5, 0.6) is 0 Å². The van der Waals surface area contributed by atoms with Gasteiger partial charge >= 0.3 is 0 Å². The van der Waals surface area contributed by atoms with Crippen molar-refractivity contribution in [2.45, 2.75) is 25.4 Å². The van der Waals surface area contributed by atoms with Crippen molar-refractivity contribution in [2.24, 2.45) is 0 Å². The van der Waals surface area contributed by atoms with Gasteiger partial charge in [0.1, 0.15) is 6.04 Å². The van der Waals surface area contributed by atoms with E-state index >= 15 is 0 Å². The predicted octanol–water partition coefficient (Wildman–Crippen LogP) is 4.94. The van der Waals surface area contributed by atoms with Gasteiger partial charge in [0.2, 0.25) is 11.8 Å². The molecule has 0 aliphatic carbocycles. The van der Waals surface area contributed by atoms with E-state index < -0.39 is 6.04 Å². The average Bonchev–Trinajstić information content (AvgIpc) is 2.84. The molecule has 0 unspecified atom stereocenters. The van der Waals surface area contributed by atoms with Crippen LogP contribution < -0.4 is 5.32 Å². The second kappa shape index (κ2) is 13.1. The Morgan fingerprint density at radius 3 is 2.03 bits per heavy atom. The van der Waals surface area contributed by atoms with Crippen molar-refractivity contribution >= 4 is 35.0 Å². The number of benzene rings is 3. The molecular formula is C27H28Cl2N2O3. The van der Waals surface area contributed by atoms with Crippen LogP contribution >= 0.6 is 23.2 Å². The van der Waals surface area contributed by atoms with Crippen molar-refractivity contribution in [2.75, 3.05) is 20.3 Å². The Bertz CT molecular complexity index is 1060. The summed E-state index contributed by atoms with van der Waals surface area (Å²) in [5.74, 6) is -0.376. The molecule has 2 amide bonds. The number of amides is 2. The molecule has 7 heteroatoms. The fraction of sp³-hybridized carbons (Fsp3) is 0.259. The van der Waals surface area contributed by atoms with Crippen LogP contribution in [-0.2, 0) is 33.7 Å². The van der Waals surface area contributed by atoms with Gasteiger partial charge in [0.15, 0.2) is 0 Å². The molecular weight excluding hydrogens is 471 g/mol. The lowest BCUT2D eigenvalue weighted by Crippen LogP contribution is -2.51. The second-order valence-electron chi connectivity index (χ2n) is 7.94. The predicted molar refractivity (Wildman–Crippen MR) is 136 cm³/mol. The number of nitrogens with one attached hydrogen (secondary N) is 1. The molecule has 5 nitrogen and oxygen atoms in total. The van der Waals surface area contributed by atoms with Crippen LogP contribution in [0.3, 0.4) is 0 Å². The van der Waals surface area contributed by atoms with Gasteiger partial charge in [-0.05, 0) is 41.0 Å². The molecule has 0 radical (unpaired) electrons. The number of hydrogen-bond donors (Lipinski definition) is 1. The van der Waals surface area contributed by atoms with Crippen molar-refractivity contribution in [3.8, 4) is 0 Å². The quantitative estimate of drug-likeness (QED) is 0.381. The first kappa shape index (κ1) is 25.8. The highest BCUT2D eigenvalue weighted by atomic mass is 35.5. The third kappa shape index (κ3) is 7.87. The van der Waals surface area contributed by atoms with Gasteiger partial charge in [-0.2, -0.15) is 0 Å². The number of rotatable bonds is 11. The summed E-state index contributed by atoms with van der Waals surface area (Å²) >= 11 is 12.1. The zero-order valence-electron chi connectivity index (χ0n) is 19.0. The van der Waals surface area contributed by atoms with Gasteiger partial charge in [-0.3, -0.25) is 9.59 Å². The van der Waals surface area contributed by atoms with E-state index in [1.807, 2.05) is 54.6 Å². The van der Waals surface area contributed by atoms with Crippen molar-refractivity contribution in [1.82, 2.24) is 10.2 Å². The maximum atomic E-state index is 13.6. The molecule has 0 spiro atoms. The molecule has 3 rings (SSSR count). The van der Waals surface area contributed by atoms with E-state index in [1.54, 1.807) is 36.3 Å². The van der Waals surface area contributed by atoms with Gasteiger partial charge < -0.3 is 15.0 Å². The molecule has 0 heterocycles. The van der Waals surface area contributed by atoms with Crippen LogP contribution in [-0.4, -0.2) is 43.0 Å². The first-order chi connectivity index (χ1) is 16.5. The Morgan fingerprint density at radius 2 is 1.44 bits per heavy atom. The van der Waals surface area contributed by atoms with E-state index in [4.69, 9.17) is 27.9 Å². The SMILES string of the molecule is COCCNC(=O)[C@@H](Cc1ccccc1)N(Cc1ccc(Cl)cc1)C(=O)Cc1ccc(Cl)cc1. The molecule has 1 atom stereocenters. The number of methoxy groups -OCH3 is 1. The van der Waals surface area contributed by atoms with Gasteiger partial charge in [-0.15, -0.1) is 0 Å². The highest BCUT2D eigenvalue weighted by molar-refractivity contribution is 6.30. The van der Waals surface area contributed by atoms with Crippen molar-refractivity contribution < 1.29 is 14.3 Å². The molecule has 0 fully saturated rings. The number of carbonyl (C=O) groups is 2. The molecule has 0 aromatic heterocycles. The third-order valence-electron chi connectivity index (χ3n) is 5.41. The summed E-state index contributed by atoms with van der Waals surface area (Å²) < 4.78 is 5.08. The van der Waals surface area contributed by atoms with Gasteiger partial charge in [0.25, 0.3) is 0 Å². The lowest BCUT2D eigenvalue weighted by atomic mass is 10.0. The number of ether oxygens (including phenoxy) is 1. The second-order valence-corrected chi connectivity index (χ2v) is 8.81. The molecule has 0 aliphatic rings. The summed E-state index contributed by atoms with van der Waals surface area (Å²) in [5, 5.41) is 4.13. The smallest absolute Gasteiger partial charge is 0.243 e. The van der Waals surface area contributed by atoms with E-state index in [1.165, 1.54) is 0 Å². The van der Waals surface area contributed by atoms with E-state index in [2.05, 4.69) is 5.32 Å². The first-order valence-corrected chi connectivity index (χ1v) is 11.8. The summed E-state index contributed by atoms with van der Waals surface area (Å²) in [4.78, 5) is 28.6. The number of hydrogen-bond acceptors (Lipinski definition) is 3. The molecule has 3 aromatic carbocycles. The molecule has 0 saturated heterocycles. The van der Waals surface area contributed by atoms with Gasteiger partial charge in [-0.1, -0.05) is 77.8 Å². The Morgan fingerprint density at radius 1 is 0.853 bits per heavy atom. The van der Waals surface area contributed by atoms with E-state index in [-0.39, 0.29) is 24.8 Å². The van der Waals surface area contributed by atoms with Crippen LogP contribution in [0, 0.1) is 0 Å². The lowest BCUT2D eigenvalue weighted by molar-refractivity contribution is -0.140. The lowest BCUT2D eigenvalue weighted by Gasteiger charge is -2.31. The maximum Gasteiger partial charge on any atom is 0.243 e. The number of halogens is 2. The van der Waals surface area contributed by atoms with Gasteiger partial charge in [0.05, 0.1) is 13.0 Å². The Labute approximate surface area is 210 Å². The highest BCUT2D eigenvalue weighted by Crippen LogP contribution is 2.19. The van der Waals surface area contributed by atoms with Crippen LogP contribution in [0.15, 0.2) is 78.9 Å². The Hall–Kier alpha value is -2.86. The Balaban J connectivity index is 1.92. The minimum atomic E-state index is -0.699. The molecule has 34 heavy (non-hydrogen) atoms. The molecule has 0 saturated carbocycles. The minimum Gasteiger partial charge on any atom is -0.383 e. The van der Waals surface area contributed by atoms with Crippen molar-refractivity contribution in [3.05, 3.63) is 106 Å². The molecule has 178 valence electrons. The summed E-state index contributed by atoms with van der Waals surface area (Å²) in [7, 11) is 1.58. The molecule has 0 aliphatic heterocycles. The van der Waals surface area contributed by atoms with Crippen molar-refractivity contribution in [1.29, 1.82) is 0 Å². The molecule has 3 aromatic rings. The minimum absolute atomic E-state index is 0.153. The number of carbonyl (C=O) groups excluding carboxylic acids is 2. The Kier molecular flexibility index (Phi) is 9.95. The zero-order chi connectivity index (χ0) is 24.3. The van der Waals surface area contributed by atoms with E-state index in [9.17, 15) is 9.59 Å². The zero-order valence-corrected chi connectivity index (χ0v) is 20.6. The van der Waals surface area contributed by atoms with E-state index in [0.717, 1.165) is 16.7 Å².